The van der Waals surface area contributed by atoms with Gasteiger partial charge in [0.25, 0.3) is 0 Å². The number of hydrogen-bond acceptors (Lipinski definition) is 10. The van der Waals surface area contributed by atoms with Crippen molar-refractivity contribution >= 4 is 19.5 Å². The Morgan fingerprint density at radius 3 is 1.43 bits per heavy atom. The Hall–Kier alpha value is -5.21. The maximum absolute atomic E-state index is 13.4. The molecule has 217 valence electrons. The summed E-state index contributed by atoms with van der Waals surface area (Å²) < 4.78 is 29.7. The SMILES string of the molecule is CO.Cc1cc(N(C)C)nn1-c1cc(F)cc(C#N)c1.Cc1cc(N)nn1-c1cc(F)cc(C#N)c1.N#CC#N.[B-]C#N.[Na+]. The molecule has 0 atom stereocenters. The number of nitrogens with zero attached hydrogens (tertiary/aromatic N) is 10. The monoisotopic (exact) mass is 604 g/mol. The maximum Gasteiger partial charge on any atom is 1.00 e. The number of aliphatic hydroxyl groups is 1. The number of nitrogen functional groups attached to an aromatic ring is 1. The van der Waals surface area contributed by atoms with E-state index >= 15 is 0 Å². The summed E-state index contributed by atoms with van der Waals surface area (Å²) in [4.78, 5) is 1.87. The van der Waals surface area contributed by atoms with Gasteiger partial charge in [-0.25, -0.2) is 18.1 Å². The van der Waals surface area contributed by atoms with Crippen molar-refractivity contribution in [3.63, 3.8) is 0 Å². The van der Waals surface area contributed by atoms with Crippen LogP contribution in [0.1, 0.15) is 22.5 Å². The average Bonchev–Trinajstić information content (AvgIpc) is 3.55. The molecular formula is C28H26BF2N11NaO. The van der Waals surface area contributed by atoms with E-state index in [0.717, 1.165) is 24.3 Å². The molecule has 16 heteroatoms. The number of aliphatic hydroxyl groups excluding tert-OH is 1. The van der Waals surface area contributed by atoms with Crippen LogP contribution in [0.4, 0.5) is 20.4 Å². The molecule has 0 aliphatic heterocycles. The molecule has 3 radical (unpaired) electrons. The van der Waals surface area contributed by atoms with Crippen LogP contribution in [0.2, 0.25) is 0 Å². The van der Waals surface area contributed by atoms with Crippen LogP contribution in [0.5, 0.6) is 0 Å². The number of halogens is 2. The fourth-order valence-electron chi connectivity index (χ4n) is 3.22. The molecule has 0 saturated carbocycles. The minimum atomic E-state index is -0.470. The van der Waals surface area contributed by atoms with E-state index in [4.69, 9.17) is 37.1 Å². The van der Waals surface area contributed by atoms with Crippen molar-refractivity contribution in [2.75, 3.05) is 31.8 Å². The van der Waals surface area contributed by atoms with Crippen LogP contribution in [0, 0.1) is 82.0 Å². The van der Waals surface area contributed by atoms with Crippen LogP contribution < -0.4 is 40.2 Å². The summed E-state index contributed by atoms with van der Waals surface area (Å²) in [5, 5.41) is 54.6. The molecule has 2 heterocycles. The Labute approximate surface area is 277 Å². The summed E-state index contributed by atoms with van der Waals surface area (Å²) in [6, 6.07) is 18.1. The van der Waals surface area contributed by atoms with Gasteiger partial charge in [0.2, 0.25) is 0 Å². The van der Waals surface area contributed by atoms with Crippen LogP contribution in [-0.4, -0.2) is 53.7 Å². The molecule has 0 amide bonds. The minimum Gasteiger partial charge on any atom is -0.466 e. The molecule has 0 fully saturated rings. The Bertz CT molecular complexity index is 1710. The van der Waals surface area contributed by atoms with E-state index in [2.05, 4.69) is 18.0 Å². The topological polar surface area (TPSA) is 204 Å². The van der Waals surface area contributed by atoms with Gasteiger partial charge in [0.05, 0.1) is 34.6 Å². The number of aryl methyl sites for hydroxylation is 2. The fraction of sp³-hybridized carbons (Fsp3) is 0.179. The van der Waals surface area contributed by atoms with Gasteiger partial charge in [-0.1, -0.05) is 0 Å². The van der Waals surface area contributed by atoms with Crippen molar-refractivity contribution in [2.45, 2.75) is 13.8 Å². The predicted octanol–water partition coefficient (Wildman–Crippen LogP) is 0.313. The van der Waals surface area contributed by atoms with E-state index in [0.29, 0.717) is 17.2 Å². The molecule has 0 spiro atoms. The Morgan fingerprint density at radius 2 is 1.14 bits per heavy atom. The van der Waals surface area contributed by atoms with Crippen LogP contribution in [0.15, 0.2) is 48.5 Å². The van der Waals surface area contributed by atoms with Gasteiger partial charge in [-0.2, -0.15) is 31.2 Å². The molecule has 0 aliphatic rings. The third kappa shape index (κ3) is 13.2. The molecule has 0 saturated heterocycles. The second-order valence-electron chi connectivity index (χ2n) is 8.05. The van der Waals surface area contributed by atoms with Crippen LogP contribution in [-0.2, 0) is 0 Å². The Balaban J connectivity index is 0. The summed E-state index contributed by atoms with van der Waals surface area (Å²) in [6.45, 7) is 3.69. The number of benzene rings is 2. The number of aromatic nitrogens is 4. The van der Waals surface area contributed by atoms with Crippen molar-refractivity contribution in [1.29, 1.82) is 26.3 Å². The fourth-order valence-corrected chi connectivity index (χ4v) is 3.22. The van der Waals surface area contributed by atoms with Gasteiger partial charge in [0, 0.05) is 44.7 Å². The number of rotatable bonds is 3. The molecule has 0 bridgehead atoms. The van der Waals surface area contributed by atoms with Gasteiger partial charge in [-0.15, -0.1) is 0 Å². The predicted molar refractivity (Wildman–Crippen MR) is 155 cm³/mol. The second kappa shape index (κ2) is 21.5. The first kappa shape index (κ1) is 40.9. The molecule has 44 heavy (non-hydrogen) atoms. The third-order valence-corrected chi connectivity index (χ3v) is 4.80. The van der Waals surface area contributed by atoms with Gasteiger partial charge in [0.1, 0.15) is 17.5 Å². The first-order valence-electron chi connectivity index (χ1n) is 11.7. The van der Waals surface area contributed by atoms with Gasteiger partial charge >= 0.3 is 29.6 Å². The summed E-state index contributed by atoms with van der Waals surface area (Å²) in [5.41, 5.74) is 8.78. The van der Waals surface area contributed by atoms with E-state index in [9.17, 15) is 8.78 Å². The van der Waals surface area contributed by atoms with Crippen molar-refractivity contribution in [3.05, 3.63) is 82.7 Å². The van der Waals surface area contributed by atoms with Crippen LogP contribution >= 0.6 is 0 Å². The van der Waals surface area contributed by atoms with Crippen molar-refractivity contribution in [2.24, 2.45) is 0 Å². The zero-order valence-corrected chi connectivity index (χ0v) is 26.9. The second-order valence-corrected chi connectivity index (χ2v) is 8.05. The summed E-state index contributed by atoms with van der Waals surface area (Å²) >= 11 is 0. The molecule has 0 unspecified atom stereocenters. The smallest absolute Gasteiger partial charge is 0.466 e. The molecule has 4 rings (SSSR count). The molecule has 12 nitrogen and oxygen atoms in total. The number of anilines is 2. The molecule has 2 aromatic carbocycles. The van der Waals surface area contributed by atoms with Crippen LogP contribution in [0.3, 0.4) is 0 Å². The minimum absolute atomic E-state index is 0. The number of nitrogens with two attached hydrogens (primary N) is 1. The Morgan fingerprint density at radius 1 is 0.750 bits per heavy atom. The van der Waals surface area contributed by atoms with Gasteiger partial charge in [0.15, 0.2) is 18.0 Å². The zero-order chi connectivity index (χ0) is 33.1. The van der Waals surface area contributed by atoms with E-state index < -0.39 is 11.6 Å². The zero-order valence-electron chi connectivity index (χ0n) is 24.9. The van der Waals surface area contributed by atoms with Gasteiger partial charge in [-0.3, -0.25) is 11.2 Å². The maximum atomic E-state index is 13.4. The van der Waals surface area contributed by atoms with E-state index in [1.807, 2.05) is 44.1 Å². The van der Waals surface area contributed by atoms with Gasteiger partial charge in [-0.05, 0) is 50.2 Å². The third-order valence-electron chi connectivity index (χ3n) is 4.80. The molecule has 0 aliphatic carbocycles. The standard InChI is InChI=1S/C13H13FN4.C11H9FN4.C2N2.CBN.CH4O.Na/c1-9-4-13(17(2)3)16-18(9)12-6-10(8-15)5-11(14)7-12;1-7-2-11(14)15-16(7)10-4-8(6-13)3-9(12)5-10;3-1-2-4;2-1-3;1-2;/h4-7H,1-3H3;2-5H,1H3,(H2,14,15);;;2H,1H3;/q;;;-1;;+1. The molecule has 2 aromatic heterocycles. The number of nitriles is 5. The Kier molecular flexibility index (Phi) is 20.0. The van der Waals surface area contributed by atoms with Crippen LogP contribution in [0.25, 0.3) is 11.4 Å². The first-order chi connectivity index (χ1) is 20.4. The summed E-state index contributed by atoms with van der Waals surface area (Å²) in [6.07, 6.45) is 0. The molecular weight excluding hydrogens is 578 g/mol. The first-order valence-corrected chi connectivity index (χ1v) is 11.7. The largest absolute Gasteiger partial charge is 1.00 e. The van der Waals surface area contributed by atoms with E-state index in [-0.39, 0.29) is 40.7 Å². The summed E-state index contributed by atoms with van der Waals surface area (Å²) in [5.74, 6) is 1.49. The van der Waals surface area contributed by atoms with Crippen molar-refractivity contribution in [1.82, 2.24) is 19.6 Å². The average molecular weight is 604 g/mol. The quantitative estimate of drug-likeness (QED) is 0.306. The number of hydrogen-bond donors (Lipinski definition) is 2. The van der Waals surface area contributed by atoms with E-state index in [1.165, 1.54) is 47.1 Å². The molecule has 4 aromatic rings. The van der Waals surface area contributed by atoms with Crippen molar-refractivity contribution in [3.8, 4) is 41.6 Å². The normalized spacial score (nSPS) is 8.36. The van der Waals surface area contributed by atoms with E-state index in [1.54, 1.807) is 29.8 Å². The summed E-state index contributed by atoms with van der Waals surface area (Å²) in [7, 11) is 8.93. The molecule has 3 N–H and O–H groups in total. The van der Waals surface area contributed by atoms with Crippen molar-refractivity contribution < 1.29 is 43.4 Å². The van der Waals surface area contributed by atoms with Gasteiger partial charge < -0.3 is 23.6 Å².